The highest BCUT2D eigenvalue weighted by Gasteiger charge is 2.33. The Kier molecular flexibility index (Phi) is 6.43. The maximum absolute atomic E-state index is 13.4. The van der Waals surface area contributed by atoms with Crippen molar-refractivity contribution in [1.29, 1.82) is 0 Å². The first kappa shape index (κ1) is 25.2. The highest BCUT2D eigenvalue weighted by atomic mass is 16.5. The van der Waals surface area contributed by atoms with Crippen molar-refractivity contribution in [2.24, 2.45) is 5.73 Å². The van der Waals surface area contributed by atoms with Gasteiger partial charge in [0.25, 0.3) is 11.5 Å². The van der Waals surface area contributed by atoms with Gasteiger partial charge in [0.15, 0.2) is 11.5 Å². The Morgan fingerprint density at radius 3 is 2.45 bits per heavy atom. The molecule has 1 amide bonds. The number of hydrogen-bond donors (Lipinski definition) is 1. The van der Waals surface area contributed by atoms with Gasteiger partial charge < -0.3 is 19.9 Å². The fraction of sp³-hybridized carbons (Fsp3) is 0.200. The monoisotopic (exact) mass is 537 g/mol. The molecule has 0 saturated heterocycles. The van der Waals surface area contributed by atoms with Crippen LogP contribution in [-0.4, -0.2) is 39.5 Å². The second-order valence-corrected chi connectivity index (χ2v) is 9.46. The number of hydrogen-bond acceptors (Lipinski definition) is 7. The minimum atomic E-state index is -0.736. The molecular formula is C30H27N5O5. The highest BCUT2D eigenvalue weighted by molar-refractivity contribution is 5.94. The normalized spacial score (nSPS) is 14.5. The molecule has 0 bridgehead atoms. The van der Waals surface area contributed by atoms with Gasteiger partial charge in [0, 0.05) is 42.4 Å². The number of carbonyl (C=O) groups excluding carboxylic acids is 1. The van der Waals surface area contributed by atoms with Crippen LogP contribution >= 0.6 is 0 Å². The van der Waals surface area contributed by atoms with Gasteiger partial charge in [-0.05, 0) is 42.7 Å². The van der Waals surface area contributed by atoms with Gasteiger partial charge in [-0.2, -0.15) is 0 Å². The highest BCUT2D eigenvalue weighted by Crippen LogP contribution is 2.38. The summed E-state index contributed by atoms with van der Waals surface area (Å²) in [5.74, 6) is 1.12. The van der Waals surface area contributed by atoms with E-state index in [1.807, 2.05) is 47.1 Å². The van der Waals surface area contributed by atoms with Crippen LogP contribution in [0.15, 0.2) is 77.9 Å². The third kappa shape index (κ3) is 4.23. The second-order valence-electron chi connectivity index (χ2n) is 9.46. The van der Waals surface area contributed by atoms with Crippen LogP contribution in [0.4, 0.5) is 0 Å². The van der Waals surface area contributed by atoms with E-state index in [1.54, 1.807) is 49.5 Å². The van der Waals surface area contributed by atoms with E-state index in [2.05, 4.69) is 9.97 Å². The quantitative estimate of drug-likeness (QED) is 0.326. The average Bonchev–Trinajstić information content (AvgIpc) is 3.29. The number of rotatable bonds is 7. The lowest BCUT2D eigenvalue weighted by molar-refractivity contribution is 0.0997. The molecule has 10 nitrogen and oxygen atoms in total. The Labute approximate surface area is 229 Å². The fourth-order valence-corrected chi connectivity index (χ4v) is 5.41. The molecule has 1 unspecified atom stereocenters. The van der Waals surface area contributed by atoms with Crippen molar-refractivity contribution in [3.63, 3.8) is 0 Å². The van der Waals surface area contributed by atoms with Gasteiger partial charge in [-0.1, -0.05) is 24.3 Å². The van der Waals surface area contributed by atoms with E-state index in [4.69, 9.17) is 19.9 Å². The topological polar surface area (TPSA) is 123 Å². The maximum Gasteiger partial charge on any atom is 0.284 e. The lowest BCUT2D eigenvalue weighted by atomic mass is 9.87. The van der Waals surface area contributed by atoms with Gasteiger partial charge in [-0.15, -0.1) is 0 Å². The molecule has 40 heavy (non-hydrogen) atoms. The van der Waals surface area contributed by atoms with Crippen molar-refractivity contribution in [3.8, 4) is 28.8 Å². The number of ether oxygens (including phenoxy) is 3. The number of carbonyl (C=O) groups is 1. The number of aromatic nitrogens is 4. The molecule has 3 aromatic heterocycles. The summed E-state index contributed by atoms with van der Waals surface area (Å²) in [6, 6.07) is 18.3. The van der Waals surface area contributed by atoms with Crippen molar-refractivity contribution in [1.82, 2.24) is 19.3 Å². The average molecular weight is 538 g/mol. The van der Waals surface area contributed by atoms with Crippen molar-refractivity contribution in [3.05, 3.63) is 100 Å². The molecule has 6 rings (SSSR count). The van der Waals surface area contributed by atoms with Crippen LogP contribution in [0.1, 0.15) is 40.4 Å². The predicted molar refractivity (Wildman–Crippen MR) is 149 cm³/mol. The number of nitrogens with two attached hydrogens (primary N) is 1. The number of pyridine rings is 2. The Morgan fingerprint density at radius 2 is 1.75 bits per heavy atom. The van der Waals surface area contributed by atoms with Crippen LogP contribution in [0.2, 0.25) is 0 Å². The zero-order valence-corrected chi connectivity index (χ0v) is 22.0. The van der Waals surface area contributed by atoms with Gasteiger partial charge in [-0.25, -0.2) is 9.67 Å². The molecule has 1 aliphatic heterocycles. The molecule has 0 aliphatic carbocycles. The fourth-order valence-electron chi connectivity index (χ4n) is 5.41. The molecule has 2 aromatic carbocycles. The lowest BCUT2D eigenvalue weighted by Crippen LogP contribution is -2.26. The third-order valence-electron chi connectivity index (χ3n) is 7.20. The standard InChI is InChI=1S/C30H27N5O5/c1-38-24-15-21-22(16-25(24)39-2)32-13-12-23(21)40-26-11-10-18(17-33-26)20-9-6-14-34-28(20)27(29(31)36)30(37)35(34)19-7-4-3-5-8-19/h3-5,7-8,10-13,15-17,20H,6,9,14H2,1-2H3,(H2,31,36). The summed E-state index contributed by atoms with van der Waals surface area (Å²) in [7, 11) is 3.15. The van der Waals surface area contributed by atoms with Crippen LogP contribution in [-0.2, 0) is 6.54 Å². The zero-order chi connectivity index (χ0) is 27.8. The van der Waals surface area contributed by atoms with E-state index in [1.165, 1.54) is 0 Å². The Morgan fingerprint density at radius 1 is 0.975 bits per heavy atom. The van der Waals surface area contributed by atoms with E-state index in [-0.39, 0.29) is 11.5 Å². The summed E-state index contributed by atoms with van der Waals surface area (Å²) < 4.78 is 20.4. The van der Waals surface area contributed by atoms with E-state index in [0.717, 1.165) is 23.8 Å². The number of benzene rings is 2. The number of nitrogens with zero attached hydrogens (tertiary/aromatic N) is 4. The van der Waals surface area contributed by atoms with Gasteiger partial charge >= 0.3 is 0 Å². The SMILES string of the molecule is COc1cc2nccc(Oc3ccc(C4CCCn5c4c(C(N)=O)c(=O)n5-c4ccccc4)cn3)c2cc1OC. The minimum absolute atomic E-state index is 0.0153. The smallest absolute Gasteiger partial charge is 0.284 e. The van der Waals surface area contributed by atoms with Crippen LogP contribution < -0.4 is 25.5 Å². The first-order valence-electron chi connectivity index (χ1n) is 12.9. The minimum Gasteiger partial charge on any atom is -0.493 e. The van der Waals surface area contributed by atoms with E-state index in [9.17, 15) is 9.59 Å². The van der Waals surface area contributed by atoms with Crippen molar-refractivity contribution >= 4 is 16.8 Å². The number of primary amides is 1. The summed E-state index contributed by atoms with van der Waals surface area (Å²) in [6.07, 6.45) is 4.94. The van der Waals surface area contributed by atoms with Gasteiger partial charge in [0.05, 0.1) is 31.1 Å². The number of para-hydroxylation sites is 1. The van der Waals surface area contributed by atoms with E-state index in [0.29, 0.717) is 46.6 Å². The Balaban J connectivity index is 1.36. The van der Waals surface area contributed by atoms with Crippen molar-refractivity contribution in [2.75, 3.05) is 14.2 Å². The van der Waals surface area contributed by atoms with E-state index >= 15 is 0 Å². The summed E-state index contributed by atoms with van der Waals surface area (Å²) in [5.41, 5.74) is 8.19. The molecule has 0 fully saturated rings. The lowest BCUT2D eigenvalue weighted by Gasteiger charge is -2.27. The van der Waals surface area contributed by atoms with Gasteiger partial charge in [-0.3, -0.25) is 19.3 Å². The Hall–Kier alpha value is -5.12. The zero-order valence-electron chi connectivity index (χ0n) is 22.0. The molecule has 0 radical (unpaired) electrons. The van der Waals surface area contributed by atoms with Crippen molar-refractivity contribution < 1.29 is 19.0 Å². The number of amides is 1. The van der Waals surface area contributed by atoms with Crippen LogP contribution in [0.25, 0.3) is 16.6 Å². The number of methoxy groups -OCH3 is 2. The molecule has 1 atom stereocenters. The molecule has 0 saturated carbocycles. The van der Waals surface area contributed by atoms with Crippen LogP contribution in [0.5, 0.6) is 23.1 Å². The molecular weight excluding hydrogens is 510 g/mol. The number of fused-ring (bicyclic) bond motifs is 2. The van der Waals surface area contributed by atoms with E-state index < -0.39 is 11.5 Å². The second kappa shape index (κ2) is 10.2. The van der Waals surface area contributed by atoms with Gasteiger partial charge in [0.1, 0.15) is 11.3 Å². The molecule has 2 N–H and O–H groups in total. The first-order valence-corrected chi connectivity index (χ1v) is 12.9. The molecule has 1 aliphatic rings. The van der Waals surface area contributed by atoms with Crippen LogP contribution in [0, 0.1) is 0 Å². The molecule has 202 valence electrons. The Bertz CT molecular complexity index is 1780. The summed E-state index contributed by atoms with van der Waals surface area (Å²) >= 11 is 0. The largest absolute Gasteiger partial charge is 0.493 e. The summed E-state index contributed by atoms with van der Waals surface area (Å²) in [6.45, 7) is 0.598. The summed E-state index contributed by atoms with van der Waals surface area (Å²) in [5, 5.41) is 0.746. The van der Waals surface area contributed by atoms with Gasteiger partial charge in [0.2, 0.25) is 5.88 Å². The molecule has 10 heteroatoms. The molecule has 0 spiro atoms. The third-order valence-corrected chi connectivity index (χ3v) is 7.20. The maximum atomic E-state index is 13.4. The molecule has 4 heterocycles. The predicted octanol–water partition coefficient (Wildman–Crippen LogP) is 4.42. The summed E-state index contributed by atoms with van der Waals surface area (Å²) in [4.78, 5) is 34.9. The van der Waals surface area contributed by atoms with Crippen LogP contribution in [0.3, 0.4) is 0 Å². The van der Waals surface area contributed by atoms with Crippen molar-refractivity contribution in [2.45, 2.75) is 25.3 Å². The molecule has 5 aromatic rings. The first-order chi connectivity index (χ1) is 19.5.